The fourth-order valence-electron chi connectivity index (χ4n) is 4.88. The third kappa shape index (κ3) is 5.68. The molecule has 3 aromatic rings. The predicted octanol–water partition coefficient (Wildman–Crippen LogP) is 5.64. The molecule has 1 aliphatic heterocycles. The highest BCUT2D eigenvalue weighted by Gasteiger charge is 2.22. The van der Waals surface area contributed by atoms with Crippen LogP contribution in [0.1, 0.15) is 24.5 Å². The Kier molecular flexibility index (Phi) is 8.02. The second kappa shape index (κ2) is 11.3. The highest BCUT2D eigenvalue weighted by Crippen LogP contribution is 2.31. The van der Waals surface area contributed by atoms with Crippen molar-refractivity contribution < 1.29 is 9.53 Å². The molecule has 3 aromatic carbocycles. The molecule has 0 saturated carbocycles. The van der Waals surface area contributed by atoms with Crippen LogP contribution in [-0.2, 0) is 22.4 Å². The summed E-state index contributed by atoms with van der Waals surface area (Å²) >= 11 is 0. The first kappa shape index (κ1) is 24.0. The predicted molar refractivity (Wildman–Crippen MR) is 142 cm³/mol. The van der Waals surface area contributed by atoms with E-state index < -0.39 is 0 Å². The molecule has 0 spiro atoms. The van der Waals surface area contributed by atoms with Crippen molar-refractivity contribution in [2.24, 2.45) is 5.92 Å². The van der Waals surface area contributed by atoms with Gasteiger partial charge in [-0.25, -0.2) is 0 Å². The average molecular weight is 457 g/mol. The molecule has 4 nitrogen and oxygen atoms in total. The Bertz CT molecular complexity index is 1090. The average Bonchev–Trinajstić information content (AvgIpc) is 2.89. The van der Waals surface area contributed by atoms with Gasteiger partial charge in [0.25, 0.3) is 0 Å². The lowest BCUT2D eigenvalue weighted by Gasteiger charge is -2.30. The minimum atomic E-state index is -0.0530. The van der Waals surface area contributed by atoms with Crippen molar-refractivity contribution in [1.82, 2.24) is 0 Å². The van der Waals surface area contributed by atoms with Gasteiger partial charge in [0.05, 0.1) is 13.2 Å². The maximum absolute atomic E-state index is 13.1. The largest absolute Gasteiger partial charge is 0.378 e. The quantitative estimate of drug-likeness (QED) is 0.417. The molecule has 4 rings (SSSR count). The van der Waals surface area contributed by atoms with E-state index in [4.69, 9.17) is 4.74 Å². The van der Waals surface area contributed by atoms with Gasteiger partial charge in [0.15, 0.2) is 0 Å². The van der Waals surface area contributed by atoms with Crippen LogP contribution < -0.4 is 9.80 Å². The molecule has 0 N–H and O–H groups in total. The highest BCUT2D eigenvalue weighted by atomic mass is 16.5. The van der Waals surface area contributed by atoms with Crippen molar-refractivity contribution in [2.45, 2.75) is 26.2 Å². The number of anilines is 2. The van der Waals surface area contributed by atoms with Crippen LogP contribution in [0, 0.1) is 5.92 Å². The van der Waals surface area contributed by atoms with Gasteiger partial charge in [0, 0.05) is 50.9 Å². The number of carbonyl (C=O) groups excluding carboxylic acids is 1. The molecule has 0 amide bonds. The zero-order chi connectivity index (χ0) is 23.9. The summed E-state index contributed by atoms with van der Waals surface area (Å²) in [6, 6.07) is 25.7. The first-order chi connectivity index (χ1) is 16.6. The van der Waals surface area contributed by atoms with Crippen LogP contribution in [0.2, 0.25) is 0 Å². The number of hydrogen-bond donors (Lipinski definition) is 0. The topological polar surface area (TPSA) is 32.8 Å². The minimum absolute atomic E-state index is 0.0530. The molecule has 0 aliphatic carbocycles. The second-order valence-electron chi connectivity index (χ2n) is 9.26. The third-order valence-corrected chi connectivity index (χ3v) is 6.77. The zero-order valence-corrected chi connectivity index (χ0v) is 20.7. The molecular formula is C30H36N2O2. The van der Waals surface area contributed by atoms with Gasteiger partial charge in [0.2, 0.25) is 0 Å². The summed E-state index contributed by atoms with van der Waals surface area (Å²) < 4.78 is 5.52. The van der Waals surface area contributed by atoms with Crippen molar-refractivity contribution in [3.8, 4) is 11.1 Å². The minimum Gasteiger partial charge on any atom is -0.378 e. The lowest BCUT2D eigenvalue weighted by molar-refractivity contribution is -0.122. The summed E-state index contributed by atoms with van der Waals surface area (Å²) in [7, 11) is 4.17. The van der Waals surface area contributed by atoms with Crippen molar-refractivity contribution in [2.75, 3.05) is 50.2 Å². The summed E-state index contributed by atoms with van der Waals surface area (Å²) in [5.41, 5.74) is 7.29. The van der Waals surface area contributed by atoms with Crippen LogP contribution >= 0.6 is 0 Å². The third-order valence-electron chi connectivity index (χ3n) is 6.77. The van der Waals surface area contributed by atoms with Gasteiger partial charge in [-0.15, -0.1) is 0 Å². The van der Waals surface area contributed by atoms with Crippen molar-refractivity contribution in [1.29, 1.82) is 0 Å². The zero-order valence-electron chi connectivity index (χ0n) is 20.7. The van der Waals surface area contributed by atoms with E-state index in [1.807, 2.05) is 13.0 Å². The van der Waals surface area contributed by atoms with Crippen molar-refractivity contribution >= 4 is 17.2 Å². The van der Waals surface area contributed by atoms with E-state index in [1.165, 1.54) is 33.6 Å². The van der Waals surface area contributed by atoms with Crippen LogP contribution in [0.25, 0.3) is 11.1 Å². The van der Waals surface area contributed by atoms with E-state index in [0.29, 0.717) is 12.2 Å². The molecule has 0 aromatic heterocycles. The van der Waals surface area contributed by atoms with E-state index in [-0.39, 0.29) is 5.92 Å². The highest BCUT2D eigenvalue weighted by molar-refractivity contribution is 5.82. The van der Waals surface area contributed by atoms with E-state index in [2.05, 4.69) is 90.6 Å². The van der Waals surface area contributed by atoms with E-state index in [0.717, 1.165) is 39.1 Å². The molecule has 1 unspecified atom stereocenters. The molecule has 0 radical (unpaired) electrons. The first-order valence-corrected chi connectivity index (χ1v) is 12.4. The monoisotopic (exact) mass is 456 g/mol. The molecule has 1 saturated heterocycles. The van der Waals surface area contributed by atoms with Crippen LogP contribution in [-0.4, -0.2) is 46.2 Å². The normalized spacial score (nSPS) is 14.6. The lowest BCUT2D eigenvalue weighted by Crippen LogP contribution is -2.36. The number of Topliss-reactive ketones (excluding diaryl/α,β-unsaturated/α-hetero) is 1. The van der Waals surface area contributed by atoms with Gasteiger partial charge in [-0.1, -0.05) is 67.6 Å². The Morgan fingerprint density at radius 2 is 1.59 bits per heavy atom. The Morgan fingerprint density at radius 1 is 0.912 bits per heavy atom. The van der Waals surface area contributed by atoms with Gasteiger partial charge >= 0.3 is 0 Å². The van der Waals surface area contributed by atoms with Crippen molar-refractivity contribution in [3.63, 3.8) is 0 Å². The molecule has 34 heavy (non-hydrogen) atoms. The van der Waals surface area contributed by atoms with Gasteiger partial charge in [-0.05, 0) is 47.2 Å². The van der Waals surface area contributed by atoms with E-state index in [1.54, 1.807) is 0 Å². The Morgan fingerprint density at radius 3 is 2.29 bits per heavy atom. The van der Waals surface area contributed by atoms with Crippen molar-refractivity contribution in [3.05, 3.63) is 83.9 Å². The van der Waals surface area contributed by atoms with Gasteiger partial charge in [-0.2, -0.15) is 0 Å². The Balaban J connectivity index is 1.62. The molecule has 4 heteroatoms. The number of ketones is 1. The first-order valence-electron chi connectivity index (χ1n) is 12.4. The smallest absolute Gasteiger partial charge is 0.136 e. The molecule has 1 aliphatic rings. The molecule has 1 atom stereocenters. The molecule has 178 valence electrons. The fraction of sp³-hybridized carbons (Fsp3) is 0.367. The van der Waals surface area contributed by atoms with Crippen LogP contribution in [0.15, 0.2) is 72.8 Å². The van der Waals surface area contributed by atoms with E-state index >= 15 is 0 Å². The number of rotatable bonds is 9. The number of ether oxygens (including phenoxy) is 1. The molecule has 1 heterocycles. The number of nitrogens with zero attached hydrogens (tertiary/aromatic N) is 2. The van der Waals surface area contributed by atoms with Crippen LogP contribution in [0.4, 0.5) is 11.4 Å². The molecule has 0 bridgehead atoms. The summed E-state index contributed by atoms with van der Waals surface area (Å²) in [5, 5.41) is 0. The standard InChI is InChI=1S/C30H36N2O2/c1-4-30(33)26(20-24-12-8-9-13-28(24)23-10-6-5-7-11-23)21-25-14-15-27(22-29(25)31(2)3)32-16-18-34-19-17-32/h5-15,22,26H,4,16-21H2,1-3H3. The van der Waals surface area contributed by atoms with E-state index in [9.17, 15) is 4.79 Å². The second-order valence-corrected chi connectivity index (χ2v) is 9.26. The van der Waals surface area contributed by atoms with Gasteiger partial charge < -0.3 is 14.5 Å². The fourth-order valence-corrected chi connectivity index (χ4v) is 4.88. The Hall–Kier alpha value is -3.11. The lowest BCUT2D eigenvalue weighted by atomic mass is 9.85. The van der Waals surface area contributed by atoms with Gasteiger partial charge in [-0.3, -0.25) is 4.79 Å². The number of morpholine rings is 1. The number of benzene rings is 3. The maximum atomic E-state index is 13.1. The van der Waals surface area contributed by atoms with Gasteiger partial charge in [0.1, 0.15) is 5.78 Å². The summed E-state index contributed by atoms with van der Waals surface area (Å²) in [6.45, 7) is 5.35. The summed E-state index contributed by atoms with van der Waals surface area (Å²) in [5.74, 6) is 0.271. The Labute approximate surface area is 204 Å². The number of hydrogen-bond acceptors (Lipinski definition) is 4. The van der Waals surface area contributed by atoms with Crippen LogP contribution in [0.5, 0.6) is 0 Å². The SMILES string of the molecule is CCC(=O)C(Cc1ccccc1-c1ccccc1)Cc1ccc(N2CCOCC2)cc1N(C)C. The molecule has 1 fully saturated rings. The summed E-state index contributed by atoms with van der Waals surface area (Å²) in [6.07, 6.45) is 2.05. The van der Waals surface area contributed by atoms with Crippen LogP contribution in [0.3, 0.4) is 0 Å². The summed E-state index contributed by atoms with van der Waals surface area (Å²) in [4.78, 5) is 17.7. The maximum Gasteiger partial charge on any atom is 0.136 e. The molecular weight excluding hydrogens is 420 g/mol. The number of carbonyl (C=O) groups is 1.